The molecule has 1 saturated heterocycles. The number of H-pyrrole nitrogens is 1. The number of amides is 2. The molecule has 114 valence electrons. The van der Waals surface area contributed by atoms with Crippen molar-refractivity contribution in [3.63, 3.8) is 0 Å². The van der Waals surface area contributed by atoms with E-state index in [-0.39, 0.29) is 11.8 Å². The molecule has 22 heavy (non-hydrogen) atoms. The van der Waals surface area contributed by atoms with Crippen LogP contribution in [0.15, 0.2) is 30.5 Å². The second kappa shape index (κ2) is 5.81. The van der Waals surface area contributed by atoms with Crippen molar-refractivity contribution < 1.29 is 9.59 Å². The number of carbonyl (C=O) groups is 2. The lowest BCUT2D eigenvalue weighted by molar-refractivity contribution is -0.128. The molecule has 0 bridgehead atoms. The highest BCUT2D eigenvalue weighted by atomic mass is 35.5. The van der Waals surface area contributed by atoms with Crippen LogP contribution in [0.5, 0.6) is 0 Å². The predicted molar refractivity (Wildman–Crippen MR) is 82.5 cm³/mol. The Morgan fingerprint density at radius 2 is 2.23 bits per heavy atom. The first kappa shape index (κ1) is 14.6. The van der Waals surface area contributed by atoms with Crippen LogP contribution in [-0.4, -0.2) is 46.5 Å². The van der Waals surface area contributed by atoms with E-state index in [4.69, 9.17) is 11.6 Å². The zero-order chi connectivity index (χ0) is 15.7. The summed E-state index contributed by atoms with van der Waals surface area (Å²) >= 11 is 6.16. The summed E-state index contributed by atoms with van der Waals surface area (Å²) in [5, 5.41) is 10.0. The standard InChI is InChI=1S/C15H15ClN4O2/c1-20-7-6-12(15(20)22)18-14(21)10-8-17-19-13(10)9-4-2-3-5-11(9)16/h2-5,8,12H,6-7H2,1H3,(H,17,19)(H,18,21). The molecule has 1 fully saturated rings. The fraction of sp³-hybridized carbons (Fsp3) is 0.267. The average molecular weight is 319 g/mol. The molecule has 2 aromatic rings. The number of nitrogens with zero attached hydrogens (tertiary/aromatic N) is 2. The van der Waals surface area contributed by atoms with Crippen LogP contribution in [0.25, 0.3) is 11.3 Å². The summed E-state index contributed by atoms with van der Waals surface area (Å²) in [7, 11) is 1.72. The van der Waals surface area contributed by atoms with Crippen molar-refractivity contribution in [3.8, 4) is 11.3 Å². The Bertz CT molecular complexity index is 728. The van der Waals surface area contributed by atoms with Gasteiger partial charge in [-0.05, 0) is 12.5 Å². The fourth-order valence-corrected chi connectivity index (χ4v) is 2.75. The van der Waals surface area contributed by atoms with Gasteiger partial charge in [0.25, 0.3) is 5.91 Å². The first-order chi connectivity index (χ1) is 10.6. The van der Waals surface area contributed by atoms with E-state index in [1.54, 1.807) is 24.1 Å². The first-order valence-electron chi connectivity index (χ1n) is 6.92. The van der Waals surface area contributed by atoms with E-state index >= 15 is 0 Å². The number of benzene rings is 1. The molecule has 2 amide bonds. The molecular formula is C15H15ClN4O2. The van der Waals surface area contributed by atoms with Crippen LogP contribution < -0.4 is 5.32 Å². The van der Waals surface area contributed by atoms with Gasteiger partial charge in [-0.1, -0.05) is 29.8 Å². The number of carbonyl (C=O) groups excluding carboxylic acids is 2. The molecule has 1 aromatic carbocycles. The minimum Gasteiger partial charge on any atom is -0.344 e. The zero-order valence-corrected chi connectivity index (χ0v) is 12.7. The molecule has 1 aliphatic heterocycles. The summed E-state index contributed by atoms with van der Waals surface area (Å²) in [5.41, 5.74) is 1.61. The van der Waals surface area contributed by atoms with Crippen LogP contribution in [0, 0.1) is 0 Å². The van der Waals surface area contributed by atoms with Gasteiger partial charge < -0.3 is 10.2 Å². The maximum Gasteiger partial charge on any atom is 0.255 e. The van der Waals surface area contributed by atoms with E-state index in [2.05, 4.69) is 15.5 Å². The van der Waals surface area contributed by atoms with Gasteiger partial charge in [-0.25, -0.2) is 0 Å². The van der Waals surface area contributed by atoms with Crippen molar-refractivity contribution in [1.29, 1.82) is 0 Å². The Morgan fingerprint density at radius 1 is 1.45 bits per heavy atom. The summed E-state index contributed by atoms with van der Waals surface area (Å²) in [6, 6.07) is 6.72. The Hall–Kier alpha value is -2.34. The Balaban J connectivity index is 1.85. The largest absolute Gasteiger partial charge is 0.344 e. The molecule has 7 heteroatoms. The Morgan fingerprint density at radius 3 is 2.91 bits per heavy atom. The minimum absolute atomic E-state index is 0.0730. The number of likely N-dealkylation sites (tertiary alicyclic amines) is 1. The van der Waals surface area contributed by atoms with E-state index in [0.29, 0.717) is 34.8 Å². The van der Waals surface area contributed by atoms with Gasteiger partial charge in [-0.15, -0.1) is 0 Å². The van der Waals surface area contributed by atoms with E-state index in [0.717, 1.165) is 0 Å². The Kier molecular flexibility index (Phi) is 3.85. The van der Waals surface area contributed by atoms with Crippen molar-refractivity contribution in [2.45, 2.75) is 12.5 Å². The topological polar surface area (TPSA) is 78.1 Å². The van der Waals surface area contributed by atoms with Crippen LogP contribution in [0.4, 0.5) is 0 Å². The van der Waals surface area contributed by atoms with Gasteiger partial charge in [0.05, 0.1) is 17.5 Å². The normalized spacial score (nSPS) is 17.8. The van der Waals surface area contributed by atoms with Crippen LogP contribution >= 0.6 is 11.6 Å². The summed E-state index contributed by atoms with van der Waals surface area (Å²) in [4.78, 5) is 25.9. The lowest BCUT2D eigenvalue weighted by atomic mass is 10.1. The lowest BCUT2D eigenvalue weighted by Gasteiger charge is -2.12. The molecule has 3 rings (SSSR count). The number of rotatable bonds is 3. The molecule has 1 unspecified atom stereocenters. The molecular weight excluding hydrogens is 304 g/mol. The number of aromatic amines is 1. The van der Waals surface area contributed by atoms with Gasteiger partial charge in [0.15, 0.2) is 0 Å². The summed E-state index contributed by atoms with van der Waals surface area (Å²) < 4.78 is 0. The third-order valence-corrected chi connectivity index (χ3v) is 4.09. The average Bonchev–Trinajstić information content (AvgIpc) is 3.10. The van der Waals surface area contributed by atoms with Crippen molar-refractivity contribution in [2.75, 3.05) is 13.6 Å². The molecule has 0 saturated carbocycles. The summed E-state index contributed by atoms with van der Waals surface area (Å²) in [5.74, 6) is -0.409. The van der Waals surface area contributed by atoms with E-state index in [1.165, 1.54) is 6.20 Å². The smallest absolute Gasteiger partial charge is 0.255 e. The molecule has 0 spiro atoms. The Labute approximate surface area is 132 Å². The van der Waals surface area contributed by atoms with Gasteiger partial charge in [-0.2, -0.15) is 5.10 Å². The predicted octanol–water partition coefficient (Wildman–Crippen LogP) is 1.69. The molecule has 0 radical (unpaired) electrons. The maximum absolute atomic E-state index is 12.4. The third-order valence-electron chi connectivity index (χ3n) is 3.76. The maximum atomic E-state index is 12.4. The number of hydrogen-bond acceptors (Lipinski definition) is 3. The second-order valence-corrected chi connectivity index (χ2v) is 5.62. The van der Waals surface area contributed by atoms with Crippen LogP contribution in [-0.2, 0) is 4.79 Å². The first-order valence-corrected chi connectivity index (χ1v) is 7.30. The van der Waals surface area contributed by atoms with Crippen LogP contribution in [0.2, 0.25) is 5.02 Å². The monoisotopic (exact) mass is 318 g/mol. The molecule has 0 aliphatic carbocycles. The molecule has 2 N–H and O–H groups in total. The molecule has 1 aliphatic rings. The fourth-order valence-electron chi connectivity index (χ4n) is 2.52. The molecule has 2 heterocycles. The minimum atomic E-state index is -0.480. The number of hydrogen-bond donors (Lipinski definition) is 2. The number of aromatic nitrogens is 2. The number of likely N-dealkylation sites (N-methyl/N-ethyl adjacent to an activating group) is 1. The van der Waals surface area contributed by atoms with Gasteiger partial charge in [-0.3, -0.25) is 14.7 Å². The van der Waals surface area contributed by atoms with Gasteiger partial charge in [0, 0.05) is 24.2 Å². The highest BCUT2D eigenvalue weighted by molar-refractivity contribution is 6.33. The van der Waals surface area contributed by atoms with Crippen molar-refractivity contribution >= 4 is 23.4 Å². The second-order valence-electron chi connectivity index (χ2n) is 5.21. The van der Waals surface area contributed by atoms with Gasteiger partial charge in [0.1, 0.15) is 6.04 Å². The van der Waals surface area contributed by atoms with E-state index < -0.39 is 6.04 Å². The summed E-state index contributed by atoms with van der Waals surface area (Å²) in [6.07, 6.45) is 2.05. The van der Waals surface area contributed by atoms with Crippen LogP contribution in [0.3, 0.4) is 0 Å². The number of nitrogens with one attached hydrogen (secondary N) is 2. The quantitative estimate of drug-likeness (QED) is 0.904. The lowest BCUT2D eigenvalue weighted by Crippen LogP contribution is -2.40. The van der Waals surface area contributed by atoms with E-state index in [9.17, 15) is 9.59 Å². The molecule has 6 nitrogen and oxygen atoms in total. The van der Waals surface area contributed by atoms with Crippen LogP contribution in [0.1, 0.15) is 16.8 Å². The number of halogens is 1. The zero-order valence-electron chi connectivity index (χ0n) is 12.0. The van der Waals surface area contributed by atoms with Crippen molar-refractivity contribution in [3.05, 3.63) is 41.0 Å². The molecule has 1 aromatic heterocycles. The molecule has 1 atom stereocenters. The summed E-state index contributed by atoms with van der Waals surface area (Å²) in [6.45, 7) is 0.645. The van der Waals surface area contributed by atoms with Gasteiger partial charge >= 0.3 is 0 Å². The van der Waals surface area contributed by atoms with Crippen molar-refractivity contribution in [2.24, 2.45) is 0 Å². The van der Waals surface area contributed by atoms with Gasteiger partial charge in [0.2, 0.25) is 5.91 Å². The highest BCUT2D eigenvalue weighted by Gasteiger charge is 2.31. The third kappa shape index (κ3) is 2.57. The van der Waals surface area contributed by atoms with E-state index in [1.807, 2.05) is 12.1 Å². The van der Waals surface area contributed by atoms with Crippen molar-refractivity contribution in [1.82, 2.24) is 20.4 Å². The highest BCUT2D eigenvalue weighted by Crippen LogP contribution is 2.28. The SMILES string of the molecule is CN1CCC(NC(=O)c2cn[nH]c2-c2ccccc2Cl)C1=O.